The number of allylic oxidation sites excluding steroid dienone is 2. The van der Waals surface area contributed by atoms with Crippen LogP contribution in [0.4, 0.5) is 11.6 Å². The lowest BCUT2D eigenvalue weighted by Crippen LogP contribution is -2.39. The molecule has 0 amide bonds. The van der Waals surface area contributed by atoms with Crippen LogP contribution in [0, 0.1) is 0 Å². The van der Waals surface area contributed by atoms with Crippen molar-refractivity contribution in [3.8, 4) is 5.75 Å². The van der Waals surface area contributed by atoms with E-state index in [1.807, 2.05) is 33.7 Å². The van der Waals surface area contributed by atoms with Gasteiger partial charge in [-0.25, -0.2) is 4.79 Å². The Morgan fingerprint density at radius 2 is 1.96 bits per heavy atom. The molecule has 0 saturated heterocycles. The third kappa shape index (κ3) is 2.80. The molecule has 0 atom stereocenters. The summed E-state index contributed by atoms with van der Waals surface area (Å²) in [7, 11) is 3.25. The summed E-state index contributed by atoms with van der Waals surface area (Å²) >= 11 is 5.88. The Bertz CT molecular complexity index is 1200. The molecule has 0 N–H and O–H groups in total. The number of benzene rings is 1. The van der Waals surface area contributed by atoms with Crippen LogP contribution in [-0.4, -0.2) is 32.3 Å². The fraction of sp³-hybridized carbons (Fsp3) is 0.316. The second-order valence-corrected chi connectivity index (χ2v) is 7.23. The van der Waals surface area contributed by atoms with Gasteiger partial charge in [0.15, 0.2) is 11.2 Å². The first kappa shape index (κ1) is 18.4. The molecule has 0 bridgehead atoms. The smallest absolute Gasteiger partial charge is 0.332 e. The number of methoxy groups -OCH3 is 1. The summed E-state index contributed by atoms with van der Waals surface area (Å²) in [6.45, 7) is 3.13. The Hall–Kier alpha value is -3.00. The first-order valence-electron chi connectivity index (χ1n) is 8.86. The van der Waals surface area contributed by atoms with Gasteiger partial charge in [-0.05, 0) is 31.2 Å². The van der Waals surface area contributed by atoms with Crippen LogP contribution in [0.2, 0.25) is 0 Å². The number of nitrogens with zero attached hydrogens (tertiary/aromatic N) is 5. The molecule has 1 aliphatic heterocycles. The predicted molar refractivity (Wildman–Crippen MR) is 109 cm³/mol. The highest BCUT2D eigenvalue weighted by Crippen LogP contribution is 2.32. The van der Waals surface area contributed by atoms with Crippen molar-refractivity contribution in [2.24, 2.45) is 7.05 Å². The molecule has 2 aromatic heterocycles. The fourth-order valence-electron chi connectivity index (χ4n) is 3.46. The van der Waals surface area contributed by atoms with Gasteiger partial charge < -0.3 is 14.2 Å². The fourth-order valence-corrected chi connectivity index (χ4v) is 3.53. The Kier molecular flexibility index (Phi) is 4.50. The number of aryl methyl sites for hydroxylation is 1. The van der Waals surface area contributed by atoms with Crippen molar-refractivity contribution in [3.63, 3.8) is 0 Å². The van der Waals surface area contributed by atoms with E-state index in [1.54, 1.807) is 27.2 Å². The Balaban J connectivity index is 1.88. The van der Waals surface area contributed by atoms with Crippen LogP contribution in [0.3, 0.4) is 0 Å². The van der Waals surface area contributed by atoms with Crippen LogP contribution < -0.4 is 20.9 Å². The number of hydrogen-bond acceptors (Lipinski definition) is 5. The minimum absolute atomic E-state index is 0.124. The van der Waals surface area contributed by atoms with E-state index in [4.69, 9.17) is 16.3 Å². The van der Waals surface area contributed by atoms with Crippen molar-refractivity contribution >= 4 is 34.4 Å². The number of rotatable bonds is 4. The zero-order chi connectivity index (χ0) is 20.0. The molecule has 0 saturated carbocycles. The van der Waals surface area contributed by atoms with Crippen molar-refractivity contribution in [1.29, 1.82) is 0 Å². The van der Waals surface area contributed by atoms with Crippen molar-refractivity contribution in [2.45, 2.75) is 20.0 Å². The highest BCUT2D eigenvalue weighted by atomic mass is 35.5. The van der Waals surface area contributed by atoms with E-state index >= 15 is 0 Å². The van der Waals surface area contributed by atoms with Gasteiger partial charge >= 0.3 is 5.69 Å². The summed E-state index contributed by atoms with van der Waals surface area (Å²) in [6, 6.07) is 7.65. The summed E-state index contributed by atoms with van der Waals surface area (Å²) in [5, 5.41) is 0.526. The molecule has 0 unspecified atom stereocenters. The monoisotopic (exact) mass is 401 g/mol. The van der Waals surface area contributed by atoms with E-state index in [0.29, 0.717) is 35.2 Å². The van der Waals surface area contributed by atoms with Crippen molar-refractivity contribution in [3.05, 3.63) is 56.2 Å². The van der Waals surface area contributed by atoms with E-state index < -0.39 is 5.69 Å². The Morgan fingerprint density at radius 1 is 1.25 bits per heavy atom. The SMILES string of the molecule is COc1ccc(N2CCn3c2nc2c3c(=O)n(C/C=C(\C)Cl)c(=O)n2C)cc1. The third-order valence-electron chi connectivity index (χ3n) is 4.94. The molecule has 28 heavy (non-hydrogen) atoms. The van der Waals surface area contributed by atoms with Gasteiger partial charge in [-0.15, -0.1) is 0 Å². The second-order valence-electron chi connectivity index (χ2n) is 6.63. The third-order valence-corrected chi connectivity index (χ3v) is 5.09. The van der Waals surface area contributed by atoms with Crippen LogP contribution in [0.15, 0.2) is 45.0 Å². The normalized spacial score (nSPS) is 14.0. The second kappa shape index (κ2) is 6.87. The molecule has 0 spiro atoms. The molecule has 8 nitrogen and oxygen atoms in total. The Labute approximate surface area is 165 Å². The molecule has 146 valence electrons. The molecule has 0 fully saturated rings. The maximum atomic E-state index is 13.0. The maximum Gasteiger partial charge on any atom is 0.332 e. The van der Waals surface area contributed by atoms with Crippen molar-refractivity contribution < 1.29 is 4.74 Å². The number of imidazole rings is 1. The lowest BCUT2D eigenvalue weighted by atomic mass is 10.3. The van der Waals surface area contributed by atoms with Gasteiger partial charge in [0.1, 0.15) is 5.75 Å². The summed E-state index contributed by atoms with van der Waals surface area (Å²) in [6.07, 6.45) is 1.64. The van der Waals surface area contributed by atoms with E-state index in [9.17, 15) is 9.59 Å². The average Bonchev–Trinajstić information content (AvgIpc) is 3.25. The van der Waals surface area contributed by atoms with Gasteiger partial charge in [-0.2, -0.15) is 4.98 Å². The van der Waals surface area contributed by atoms with Crippen LogP contribution >= 0.6 is 11.6 Å². The summed E-state index contributed by atoms with van der Waals surface area (Å²) < 4.78 is 9.67. The summed E-state index contributed by atoms with van der Waals surface area (Å²) in [5.74, 6) is 1.42. The largest absolute Gasteiger partial charge is 0.497 e. The standard InChI is InChI=1S/C19H20ClN5O3/c1-12(20)8-9-25-17(26)15-16(22(2)19(25)27)21-18-23(10-11-24(15)18)13-4-6-14(28-3)7-5-13/h4-8H,9-11H2,1-3H3/b12-8+. The molecule has 1 aromatic carbocycles. The molecule has 1 aliphatic rings. The highest BCUT2D eigenvalue weighted by molar-refractivity contribution is 6.29. The van der Waals surface area contributed by atoms with Gasteiger partial charge in [0.2, 0.25) is 5.95 Å². The first-order valence-corrected chi connectivity index (χ1v) is 9.24. The topological polar surface area (TPSA) is 74.3 Å². The van der Waals surface area contributed by atoms with Gasteiger partial charge in [0.05, 0.1) is 13.7 Å². The van der Waals surface area contributed by atoms with Crippen LogP contribution in [0.25, 0.3) is 11.2 Å². The van der Waals surface area contributed by atoms with E-state index in [1.165, 1.54) is 9.13 Å². The number of aromatic nitrogens is 4. The van der Waals surface area contributed by atoms with Crippen molar-refractivity contribution in [2.75, 3.05) is 18.6 Å². The predicted octanol–water partition coefficient (Wildman–Crippen LogP) is 2.20. The zero-order valence-electron chi connectivity index (χ0n) is 15.8. The van der Waals surface area contributed by atoms with Gasteiger partial charge in [-0.1, -0.05) is 17.7 Å². The number of hydrogen-bond donors (Lipinski definition) is 0. The zero-order valence-corrected chi connectivity index (χ0v) is 16.6. The number of halogens is 1. The lowest BCUT2D eigenvalue weighted by molar-refractivity contribution is 0.415. The Morgan fingerprint density at radius 3 is 2.61 bits per heavy atom. The van der Waals surface area contributed by atoms with Gasteiger partial charge in [-0.3, -0.25) is 13.9 Å². The molecular formula is C19H20ClN5O3. The van der Waals surface area contributed by atoms with Gasteiger partial charge in [0, 0.05) is 30.9 Å². The minimum Gasteiger partial charge on any atom is -0.497 e. The van der Waals surface area contributed by atoms with Crippen molar-refractivity contribution in [1.82, 2.24) is 18.7 Å². The van der Waals surface area contributed by atoms with E-state index in [2.05, 4.69) is 4.98 Å². The molecule has 0 aliphatic carbocycles. The average molecular weight is 402 g/mol. The van der Waals surface area contributed by atoms with Crippen LogP contribution in [-0.2, 0) is 20.1 Å². The molecule has 4 rings (SSSR count). The number of fused-ring (bicyclic) bond motifs is 3. The molecular weight excluding hydrogens is 382 g/mol. The van der Waals surface area contributed by atoms with Crippen LogP contribution in [0.5, 0.6) is 5.75 Å². The number of ether oxygens (including phenoxy) is 1. The minimum atomic E-state index is -0.417. The quantitative estimate of drug-likeness (QED) is 0.670. The maximum absolute atomic E-state index is 13.0. The summed E-state index contributed by atoms with van der Waals surface area (Å²) in [5.41, 5.74) is 0.975. The molecule has 9 heteroatoms. The number of anilines is 2. The van der Waals surface area contributed by atoms with Gasteiger partial charge in [0.25, 0.3) is 5.56 Å². The lowest BCUT2D eigenvalue weighted by Gasteiger charge is -2.16. The molecule has 3 aromatic rings. The molecule has 3 heterocycles. The molecule has 0 radical (unpaired) electrons. The van der Waals surface area contributed by atoms with E-state index in [-0.39, 0.29) is 12.1 Å². The van der Waals surface area contributed by atoms with Crippen LogP contribution in [0.1, 0.15) is 6.92 Å². The van der Waals surface area contributed by atoms with E-state index in [0.717, 1.165) is 11.4 Å². The first-order chi connectivity index (χ1) is 13.4. The summed E-state index contributed by atoms with van der Waals surface area (Å²) in [4.78, 5) is 32.3. The highest BCUT2D eigenvalue weighted by Gasteiger charge is 2.28.